The Balaban J connectivity index is 0.000000232. The average molecular weight is 571 g/mol. The van der Waals surface area contributed by atoms with E-state index < -0.39 is 29.4 Å². The Morgan fingerprint density at radius 3 is 2.17 bits per heavy atom. The molecular formula is C26H25F6N4O4-. The molecule has 1 saturated heterocycles. The van der Waals surface area contributed by atoms with E-state index in [0.29, 0.717) is 61.4 Å². The van der Waals surface area contributed by atoms with Crippen molar-refractivity contribution >= 4 is 11.9 Å². The van der Waals surface area contributed by atoms with Crippen molar-refractivity contribution in [3.05, 3.63) is 76.6 Å². The number of methoxy groups -OCH3 is 1. The van der Waals surface area contributed by atoms with Gasteiger partial charge in [0.05, 0.1) is 37.1 Å². The summed E-state index contributed by atoms with van der Waals surface area (Å²) < 4.78 is 84.8. The largest absolute Gasteiger partial charge is 0.677 e. The predicted molar refractivity (Wildman–Crippen MR) is 133 cm³/mol. The molecule has 0 atom stereocenters. The van der Waals surface area contributed by atoms with Crippen molar-refractivity contribution in [2.24, 2.45) is 0 Å². The molecule has 0 aliphatic carbocycles. The molecule has 1 aromatic heterocycles. The lowest BCUT2D eigenvalue weighted by Gasteiger charge is -2.27. The summed E-state index contributed by atoms with van der Waals surface area (Å²) in [6, 6.07) is 8.57. The second-order valence-electron chi connectivity index (χ2n) is 8.45. The van der Waals surface area contributed by atoms with E-state index in [-0.39, 0.29) is 30.2 Å². The third-order valence-corrected chi connectivity index (χ3v) is 5.72. The number of alkyl halides is 6. The van der Waals surface area contributed by atoms with Crippen molar-refractivity contribution in [3.63, 3.8) is 0 Å². The molecule has 8 nitrogen and oxygen atoms in total. The van der Waals surface area contributed by atoms with Crippen molar-refractivity contribution in [2.75, 3.05) is 44.9 Å². The first kappa shape index (κ1) is 30.6. The lowest BCUT2D eigenvalue weighted by atomic mass is 10.0. The topological polar surface area (TPSA) is 109 Å². The number of morpholine rings is 1. The van der Waals surface area contributed by atoms with Crippen LogP contribution in [0.25, 0.3) is 17.0 Å². The summed E-state index contributed by atoms with van der Waals surface area (Å²) in [6.45, 7) is 2.30. The second-order valence-corrected chi connectivity index (χ2v) is 8.45. The number of nitrogens with zero attached hydrogens (tertiary/aromatic N) is 3. The number of para-hydroxylation sites is 1. The fourth-order valence-electron chi connectivity index (χ4n) is 3.80. The van der Waals surface area contributed by atoms with Gasteiger partial charge in [0.1, 0.15) is 11.3 Å². The summed E-state index contributed by atoms with van der Waals surface area (Å²) in [5.74, 6) is 0.000247. The molecule has 1 aliphatic heterocycles. The van der Waals surface area contributed by atoms with E-state index in [9.17, 15) is 36.2 Å². The fraction of sp³-hybridized carbons (Fsp3) is 0.346. The van der Waals surface area contributed by atoms with Gasteiger partial charge in [-0.15, -0.1) is 6.54 Å². The normalized spacial score (nSPS) is 13.8. The number of halogens is 6. The van der Waals surface area contributed by atoms with E-state index in [4.69, 9.17) is 15.2 Å². The number of hydrogen-bond donors (Lipinski definition) is 1. The van der Waals surface area contributed by atoms with Crippen molar-refractivity contribution < 1.29 is 45.7 Å². The Morgan fingerprint density at radius 2 is 1.65 bits per heavy atom. The van der Waals surface area contributed by atoms with Gasteiger partial charge in [-0.25, -0.2) is 14.8 Å². The minimum absolute atomic E-state index is 0.0477. The SMILES string of the molecule is COc1ccccc1-c1nc(N2CCOCC2)ncc1C(=O)O.[NH-]CCc1cc(C(F)(F)F)cc(C(F)(F)F)c1. The maximum Gasteiger partial charge on any atom is 0.416 e. The molecule has 0 saturated carbocycles. The lowest BCUT2D eigenvalue weighted by Crippen LogP contribution is -2.37. The Bertz CT molecular complexity index is 1280. The van der Waals surface area contributed by atoms with E-state index in [1.54, 1.807) is 19.2 Å². The fourth-order valence-corrected chi connectivity index (χ4v) is 3.80. The van der Waals surface area contributed by atoms with E-state index >= 15 is 0 Å². The first-order valence-corrected chi connectivity index (χ1v) is 11.8. The molecule has 0 unspecified atom stereocenters. The van der Waals surface area contributed by atoms with Gasteiger partial charge in [0, 0.05) is 24.8 Å². The van der Waals surface area contributed by atoms with Crippen molar-refractivity contribution in [1.29, 1.82) is 0 Å². The van der Waals surface area contributed by atoms with Crippen LogP contribution in [0.4, 0.5) is 32.3 Å². The van der Waals surface area contributed by atoms with Crippen LogP contribution >= 0.6 is 0 Å². The van der Waals surface area contributed by atoms with Crippen molar-refractivity contribution in [3.8, 4) is 17.0 Å². The summed E-state index contributed by atoms with van der Waals surface area (Å²) >= 11 is 0. The minimum Gasteiger partial charge on any atom is -0.677 e. The summed E-state index contributed by atoms with van der Waals surface area (Å²) in [5.41, 5.74) is 5.05. The Labute approximate surface area is 225 Å². The number of carboxylic acids is 1. The molecule has 0 amide bonds. The van der Waals surface area contributed by atoms with Crippen LogP contribution in [-0.4, -0.2) is 61.0 Å². The van der Waals surface area contributed by atoms with Gasteiger partial charge in [-0.1, -0.05) is 12.1 Å². The molecule has 14 heteroatoms. The summed E-state index contributed by atoms with van der Waals surface area (Å²) in [7, 11) is 1.54. The molecule has 2 aromatic carbocycles. The number of rotatable bonds is 6. The Hall–Kier alpha value is -3.91. The quantitative estimate of drug-likeness (QED) is 0.361. The van der Waals surface area contributed by atoms with E-state index in [1.165, 1.54) is 6.20 Å². The highest BCUT2D eigenvalue weighted by molar-refractivity contribution is 5.95. The molecule has 1 aliphatic rings. The van der Waals surface area contributed by atoms with Crippen LogP contribution in [0.2, 0.25) is 0 Å². The summed E-state index contributed by atoms with van der Waals surface area (Å²) in [6.07, 6.45) is -8.44. The number of carbonyl (C=O) groups is 1. The molecule has 40 heavy (non-hydrogen) atoms. The van der Waals surface area contributed by atoms with Crippen LogP contribution in [0.15, 0.2) is 48.7 Å². The summed E-state index contributed by atoms with van der Waals surface area (Å²) in [4.78, 5) is 22.2. The Kier molecular flexibility index (Phi) is 9.93. The number of carboxylic acid groups (broad SMARTS) is 1. The maximum absolute atomic E-state index is 12.4. The first-order valence-electron chi connectivity index (χ1n) is 11.8. The van der Waals surface area contributed by atoms with Gasteiger partial charge in [0.25, 0.3) is 0 Å². The van der Waals surface area contributed by atoms with E-state index in [1.807, 2.05) is 17.0 Å². The zero-order chi connectivity index (χ0) is 29.5. The molecule has 4 rings (SSSR count). The summed E-state index contributed by atoms with van der Waals surface area (Å²) in [5, 5.41) is 9.44. The smallest absolute Gasteiger partial charge is 0.416 e. The lowest BCUT2D eigenvalue weighted by molar-refractivity contribution is -0.143. The number of aromatic nitrogens is 2. The average Bonchev–Trinajstić information content (AvgIpc) is 2.92. The molecule has 216 valence electrons. The molecule has 0 spiro atoms. The predicted octanol–water partition coefficient (Wildman–Crippen LogP) is 6.01. The number of anilines is 1. The standard InChI is InChI=1S/C16H17N3O4.C10H8F6N/c1-22-13-5-3-2-4-11(13)14-12(15(20)21)10-17-16(18-14)19-6-8-23-9-7-19;11-9(12,13)7-3-6(1-2-17)4-8(5-7)10(14,15)16/h2-5,10H,6-9H2,1H3,(H,20,21);3-5,17H,1-2H2/q;-1. The van der Waals surface area contributed by atoms with Crippen molar-refractivity contribution in [1.82, 2.24) is 9.97 Å². The molecule has 2 heterocycles. The Morgan fingerprint density at radius 1 is 1.05 bits per heavy atom. The zero-order valence-electron chi connectivity index (χ0n) is 21.1. The van der Waals surface area contributed by atoms with Gasteiger partial charge in [-0.3, -0.25) is 0 Å². The van der Waals surface area contributed by atoms with Gasteiger partial charge in [0.2, 0.25) is 5.95 Å². The first-order chi connectivity index (χ1) is 18.8. The second kappa shape index (κ2) is 13.0. The number of aromatic carboxylic acids is 1. The number of hydrogen-bond acceptors (Lipinski definition) is 6. The van der Waals surface area contributed by atoms with Crippen LogP contribution in [-0.2, 0) is 23.5 Å². The van der Waals surface area contributed by atoms with Crippen LogP contribution in [0.1, 0.15) is 27.0 Å². The van der Waals surface area contributed by atoms with Gasteiger partial charge in [-0.2, -0.15) is 26.3 Å². The third-order valence-electron chi connectivity index (χ3n) is 5.72. The molecule has 2 N–H and O–H groups in total. The molecular weight excluding hydrogens is 546 g/mol. The highest BCUT2D eigenvalue weighted by atomic mass is 19.4. The third kappa shape index (κ3) is 7.82. The maximum atomic E-state index is 12.4. The molecule has 1 fully saturated rings. The molecule has 0 bridgehead atoms. The van der Waals surface area contributed by atoms with E-state index in [0.717, 1.165) is 0 Å². The molecule has 0 radical (unpaired) electrons. The highest BCUT2D eigenvalue weighted by Gasteiger charge is 2.36. The monoisotopic (exact) mass is 571 g/mol. The highest BCUT2D eigenvalue weighted by Crippen LogP contribution is 2.36. The van der Waals surface area contributed by atoms with Gasteiger partial charge < -0.3 is 25.2 Å². The number of nitrogens with one attached hydrogen (secondary N) is 1. The minimum atomic E-state index is -4.82. The van der Waals surface area contributed by atoms with E-state index in [2.05, 4.69) is 9.97 Å². The molecule has 3 aromatic rings. The number of ether oxygens (including phenoxy) is 2. The van der Waals surface area contributed by atoms with Crippen LogP contribution in [0.3, 0.4) is 0 Å². The van der Waals surface area contributed by atoms with Gasteiger partial charge in [-0.05, 0) is 42.3 Å². The van der Waals surface area contributed by atoms with Crippen LogP contribution in [0.5, 0.6) is 5.75 Å². The van der Waals surface area contributed by atoms with Crippen LogP contribution in [0, 0.1) is 0 Å². The van der Waals surface area contributed by atoms with Gasteiger partial charge >= 0.3 is 18.3 Å². The zero-order valence-corrected chi connectivity index (χ0v) is 21.1. The van der Waals surface area contributed by atoms with Gasteiger partial charge in [0.15, 0.2) is 0 Å². The number of benzene rings is 2. The van der Waals surface area contributed by atoms with Crippen LogP contribution < -0.4 is 9.64 Å². The van der Waals surface area contributed by atoms with Crippen molar-refractivity contribution in [2.45, 2.75) is 18.8 Å².